The van der Waals surface area contributed by atoms with Crippen LogP contribution < -0.4 is 0 Å². The van der Waals surface area contributed by atoms with Crippen LogP contribution in [0, 0.1) is 24.0 Å². The number of terminal acetylenes is 1. The van der Waals surface area contributed by atoms with Crippen molar-refractivity contribution in [3.05, 3.63) is 35.4 Å². The smallest absolute Gasteiger partial charge is 0.209 e. The van der Waals surface area contributed by atoms with E-state index in [1.165, 1.54) is 0 Å². The molecule has 66 valence electrons. The molecule has 1 rings (SSSR count). The van der Waals surface area contributed by atoms with Crippen molar-refractivity contribution in [3.63, 3.8) is 0 Å². The van der Waals surface area contributed by atoms with Gasteiger partial charge in [0.25, 0.3) is 0 Å². The number of hydrogen-bond donors (Lipinski definition) is 0. The maximum Gasteiger partial charge on any atom is 0.209 e. The minimum Gasteiger partial charge on any atom is -0.285 e. The van der Waals surface area contributed by atoms with Crippen LogP contribution in [-0.2, 0) is 11.2 Å². The van der Waals surface area contributed by atoms with E-state index < -0.39 is 17.4 Å². The normalized spacial score (nSPS) is 9.31. The van der Waals surface area contributed by atoms with Gasteiger partial charge in [-0.25, -0.2) is 8.78 Å². The Morgan fingerprint density at radius 2 is 1.85 bits per heavy atom. The molecule has 0 spiro atoms. The first kappa shape index (κ1) is 9.40. The van der Waals surface area contributed by atoms with Crippen LogP contribution >= 0.6 is 0 Å². The molecule has 13 heavy (non-hydrogen) atoms. The van der Waals surface area contributed by atoms with E-state index in [0.29, 0.717) is 0 Å². The van der Waals surface area contributed by atoms with Crippen LogP contribution in [0.4, 0.5) is 8.78 Å². The molecule has 0 unspecified atom stereocenters. The maximum absolute atomic E-state index is 12.6. The zero-order chi connectivity index (χ0) is 9.84. The molecule has 0 bridgehead atoms. The Morgan fingerprint density at radius 1 is 1.31 bits per heavy atom. The molecule has 1 aromatic rings. The monoisotopic (exact) mass is 180 g/mol. The fourth-order valence-electron chi connectivity index (χ4n) is 0.949. The van der Waals surface area contributed by atoms with Gasteiger partial charge in [0.1, 0.15) is 11.6 Å². The van der Waals surface area contributed by atoms with E-state index in [2.05, 4.69) is 0 Å². The van der Waals surface area contributed by atoms with E-state index in [-0.39, 0.29) is 12.0 Å². The zero-order valence-corrected chi connectivity index (χ0v) is 6.68. The highest BCUT2D eigenvalue weighted by atomic mass is 19.1. The van der Waals surface area contributed by atoms with Crippen molar-refractivity contribution in [2.75, 3.05) is 0 Å². The summed E-state index contributed by atoms with van der Waals surface area (Å²) in [5.74, 6) is -0.0438. The van der Waals surface area contributed by atoms with Crippen LogP contribution in [0.2, 0.25) is 0 Å². The van der Waals surface area contributed by atoms with Gasteiger partial charge in [-0.05, 0) is 23.6 Å². The predicted molar refractivity (Wildman–Crippen MR) is 43.9 cm³/mol. The van der Waals surface area contributed by atoms with Crippen molar-refractivity contribution in [2.24, 2.45) is 0 Å². The number of carbonyl (C=O) groups excluding carboxylic acids is 1. The summed E-state index contributed by atoms with van der Waals surface area (Å²) in [4.78, 5) is 10.7. The Labute approximate surface area is 74.4 Å². The second-order valence-electron chi connectivity index (χ2n) is 2.52. The Balaban J connectivity index is 2.91. The highest BCUT2D eigenvalue weighted by molar-refractivity contribution is 5.96. The first-order chi connectivity index (χ1) is 6.11. The molecule has 0 radical (unpaired) electrons. The Hall–Kier alpha value is -1.69. The third kappa shape index (κ3) is 2.68. The van der Waals surface area contributed by atoms with Gasteiger partial charge < -0.3 is 0 Å². The quantitative estimate of drug-likeness (QED) is 0.500. The van der Waals surface area contributed by atoms with Gasteiger partial charge in [0, 0.05) is 12.5 Å². The molecule has 0 aliphatic heterocycles. The molecule has 0 N–H and O–H groups in total. The molecular weight excluding hydrogens is 174 g/mol. The van der Waals surface area contributed by atoms with Crippen LogP contribution in [0.5, 0.6) is 0 Å². The van der Waals surface area contributed by atoms with Crippen molar-refractivity contribution in [3.8, 4) is 12.3 Å². The van der Waals surface area contributed by atoms with Crippen LogP contribution in [0.1, 0.15) is 5.56 Å². The number of ketones is 1. The maximum atomic E-state index is 12.6. The standard InChI is InChI=1S/C10H6F2O/c1-2-10(13)5-7-3-8(11)6-9(12)4-7/h1,3-4,6H,5H2. The lowest BCUT2D eigenvalue weighted by Crippen LogP contribution is -1.99. The molecule has 1 nitrogen and oxygen atoms in total. The lowest BCUT2D eigenvalue weighted by atomic mass is 10.1. The Morgan fingerprint density at radius 3 is 2.31 bits per heavy atom. The van der Waals surface area contributed by atoms with E-state index in [1.807, 2.05) is 5.92 Å². The average molecular weight is 180 g/mol. The number of Topliss-reactive ketones (excluding diaryl/α,β-unsaturated/α-hetero) is 1. The summed E-state index contributed by atoms with van der Waals surface area (Å²) in [7, 11) is 0. The third-order valence-electron chi connectivity index (χ3n) is 1.45. The summed E-state index contributed by atoms with van der Waals surface area (Å²) in [5.41, 5.74) is 0.250. The molecule has 0 heterocycles. The highest BCUT2D eigenvalue weighted by Crippen LogP contribution is 2.08. The lowest BCUT2D eigenvalue weighted by Gasteiger charge is -1.97. The first-order valence-electron chi connectivity index (χ1n) is 3.56. The topological polar surface area (TPSA) is 17.1 Å². The molecule has 0 amide bonds. The molecule has 0 saturated carbocycles. The van der Waals surface area contributed by atoms with E-state index in [1.54, 1.807) is 0 Å². The minimum absolute atomic E-state index is 0.134. The molecule has 0 atom stereocenters. The summed E-state index contributed by atoms with van der Waals surface area (Å²) in [5, 5.41) is 0. The van der Waals surface area contributed by atoms with Gasteiger partial charge in [-0.1, -0.05) is 0 Å². The number of benzene rings is 1. The molecule has 0 aliphatic carbocycles. The van der Waals surface area contributed by atoms with Crippen molar-refractivity contribution < 1.29 is 13.6 Å². The largest absolute Gasteiger partial charge is 0.285 e. The summed E-state index contributed by atoms with van der Waals surface area (Å²) in [6.07, 6.45) is 4.68. The van der Waals surface area contributed by atoms with Gasteiger partial charge in [-0.2, -0.15) is 0 Å². The van der Waals surface area contributed by atoms with Crippen molar-refractivity contribution in [2.45, 2.75) is 6.42 Å². The lowest BCUT2D eigenvalue weighted by molar-refractivity contribution is -0.113. The number of rotatable bonds is 2. The van der Waals surface area contributed by atoms with Crippen LogP contribution in [0.25, 0.3) is 0 Å². The number of halogens is 2. The van der Waals surface area contributed by atoms with Crippen LogP contribution in [0.3, 0.4) is 0 Å². The van der Waals surface area contributed by atoms with E-state index >= 15 is 0 Å². The summed E-state index contributed by atoms with van der Waals surface area (Å²) in [6.45, 7) is 0. The first-order valence-corrected chi connectivity index (χ1v) is 3.56. The molecule has 0 aliphatic rings. The summed E-state index contributed by atoms with van der Waals surface area (Å²) >= 11 is 0. The van der Waals surface area contributed by atoms with Gasteiger partial charge in [-0.3, -0.25) is 4.79 Å². The van der Waals surface area contributed by atoms with Gasteiger partial charge in [0.05, 0.1) is 0 Å². The van der Waals surface area contributed by atoms with Crippen molar-refractivity contribution in [1.29, 1.82) is 0 Å². The minimum atomic E-state index is -0.708. The molecule has 0 saturated heterocycles. The second-order valence-corrected chi connectivity index (χ2v) is 2.52. The van der Waals surface area contributed by atoms with Crippen molar-refractivity contribution in [1.82, 2.24) is 0 Å². The number of carbonyl (C=O) groups is 1. The van der Waals surface area contributed by atoms with Crippen molar-refractivity contribution >= 4 is 5.78 Å². The molecule has 1 aromatic carbocycles. The molecular formula is C10H6F2O. The average Bonchev–Trinajstić information content (AvgIpc) is 2.02. The molecule has 3 heteroatoms. The Bertz CT molecular complexity index is 357. The number of hydrogen-bond acceptors (Lipinski definition) is 1. The van der Waals surface area contributed by atoms with Gasteiger partial charge in [-0.15, -0.1) is 6.42 Å². The third-order valence-corrected chi connectivity index (χ3v) is 1.45. The zero-order valence-electron chi connectivity index (χ0n) is 6.68. The SMILES string of the molecule is C#CC(=O)Cc1cc(F)cc(F)c1. The van der Waals surface area contributed by atoms with Gasteiger partial charge in [0.15, 0.2) is 0 Å². The summed E-state index contributed by atoms with van der Waals surface area (Å²) in [6, 6.07) is 2.90. The molecule has 0 aromatic heterocycles. The fourth-order valence-corrected chi connectivity index (χ4v) is 0.949. The fraction of sp³-hybridized carbons (Fsp3) is 0.100. The van der Waals surface area contributed by atoms with E-state index in [4.69, 9.17) is 6.42 Å². The highest BCUT2D eigenvalue weighted by Gasteiger charge is 2.03. The van der Waals surface area contributed by atoms with Gasteiger partial charge in [0.2, 0.25) is 5.78 Å². The second kappa shape index (κ2) is 3.81. The predicted octanol–water partition coefficient (Wildman–Crippen LogP) is 1.71. The van der Waals surface area contributed by atoms with Crippen LogP contribution in [-0.4, -0.2) is 5.78 Å². The molecule has 0 fully saturated rings. The summed E-state index contributed by atoms with van der Waals surface area (Å²) < 4.78 is 25.2. The van der Waals surface area contributed by atoms with Gasteiger partial charge >= 0.3 is 0 Å². The Kier molecular flexibility index (Phi) is 2.76. The van der Waals surface area contributed by atoms with Crippen LogP contribution in [0.15, 0.2) is 18.2 Å². The van der Waals surface area contributed by atoms with E-state index in [9.17, 15) is 13.6 Å². The van der Waals surface area contributed by atoms with E-state index in [0.717, 1.165) is 18.2 Å².